The normalized spacial score (nSPS) is 21.4. The van der Waals surface area contributed by atoms with Crippen molar-refractivity contribution in [3.63, 3.8) is 0 Å². The number of nitrogens with one attached hydrogen (secondary N) is 1. The number of aryl methyl sites for hydroxylation is 1. The first-order valence-corrected chi connectivity index (χ1v) is 9.57. The number of imidazole rings is 1. The lowest BCUT2D eigenvalue weighted by Crippen LogP contribution is -2.44. The highest BCUT2D eigenvalue weighted by Crippen LogP contribution is 2.46. The first-order valence-electron chi connectivity index (χ1n) is 9.57. The van der Waals surface area contributed by atoms with Crippen LogP contribution in [0.2, 0.25) is 0 Å². The van der Waals surface area contributed by atoms with Crippen LogP contribution < -0.4 is 10.2 Å². The average Bonchev–Trinajstić information content (AvgIpc) is 3.34. The molecule has 2 fully saturated rings. The fraction of sp³-hybridized carbons (Fsp3) is 0.550. The molecule has 0 bridgehead atoms. The molecule has 1 saturated heterocycles. The van der Waals surface area contributed by atoms with Crippen molar-refractivity contribution in [1.29, 1.82) is 0 Å². The van der Waals surface area contributed by atoms with E-state index in [9.17, 15) is 4.79 Å². The van der Waals surface area contributed by atoms with Crippen LogP contribution in [0.4, 0.5) is 5.82 Å². The molecule has 0 aromatic carbocycles. The zero-order valence-electron chi connectivity index (χ0n) is 15.4. The van der Waals surface area contributed by atoms with Crippen molar-refractivity contribution in [2.24, 2.45) is 11.3 Å². The number of piperidine rings is 1. The minimum absolute atomic E-state index is 0.0523. The lowest BCUT2D eigenvalue weighted by molar-refractivity contribution is -0.125. The molecule has 0 radical (unpaired) electrons. The van der Waals surface area contributed by atoms with Gasteiger partial charge in [-0.15, -0.1) is 0 Å². The molecule has 1 atom stereocenters. The van der Waals surface area contributed by atoms with Gasteiger partial charge in [-0.2, -0.15) is 0 Å². The van der Waals surface area contributed by atoms with E-state index in [4.69, 9.17) is 0 Å². The number of carbonyl (C=O) groups is 1. The lowest BCUT2D eigenvalue weighted by Gasteiger charge is -2.33. The van der Waals surface area contributed by atoms with Gasteiger partial charge >= 0.3 is 0 Å². The summed E-state index contributed by atoms with van der Waals surface area (Å²) in [6.07, 6.45) is 10.0. The van der Waals surface area contributed by atoms with Crippen LogP contribution in [0.1, 0.15) is 31.5 Å². The van der Waals surface area contributed by atoms with Crippen molar-refractivity contribution in [2.45, 2.75) is 39.2 Å². The molecule has 4 rings (SSSR count). The predicted molar refractivity (Wildman–Crippen MR) is 101 cm³/mol. The molecule has 2 aromatic heterocycles. The number of rotatable bonds is 6. The summed E-state index contributed by atoms with van der Waals surface area (Å²) in [5.74, 6) is 2.26. The molecule has 138 valence electrons. The molecule has 1 N–H and O–H groups in total. The first-order chi connectivity index (χ1) is 12.7. The van der Waals surface area contributed by atoms with E-state index in [-0.39, 0.29) is 17.2 Å². The third-order valence-corrected chi connectivity index (χ3v) is 5.79. The minimum atomic E-state index is 0.0523. The Kier molecular flexibility index (Phi) is 4.66. The maximum absolute atomic E-state index is 12.7. The summed E-state index contributed by atoms with van der Waals surface area (Å²) >= 11 is 0. The van der Waals surface area contributed by atoms with Crippen molar-refractivity contribution in [2.75, 3.05) is 24.5 Å². The van der Waals surface area contributed by atoms with E-state index >= 15 is 0 Å². The van der Waals surface area contributed by atoms with Crippen LogP contribution in [0.3, 0.4) is 0 Å². The average molecular weight is 353 g/mol. The summed E-state index contributed by atoms with van der Waals surface area (Å²) in [5.41, 5.74) is 0.219. The highest BCUT2D eigenvalue weighted by atomic mass is 16.1. The highest BCUT2D eigenvalue weighted by molar-refractivity contribution is 5.79. The zero-order chi connectivity index (χ0) is 18.0. The zero-order valence-corrected chi connectivity index (χ0v) is 15.4. The summed E-state index contributed by atoms with van der Waals surface area (Å²) < 4.78 is 2.20. The second-order valence-electron chi connectivity index (χ2n) is 7.79. The molecule has 26 heavy (non-hydrogen) atoms. The second kappa shape index (κ2) is 7.09. The maximum Gasteiger partial charge on any atom is 0.224 e. The molecule has 1 aliphatic carbocycles. The molecule has 6 nitrogen and oxygen atoms in total. The Labute approximate surface area is 154 Å². The van der Waals surface area contributed by atoms with Gasteiger partial charge in [0, 0.05) is 50.2 Å². The number of amides is 1. The Hall–Kier alpha value is -2.37. The van der Waals surface area contributed by atoms with Crippen molar-refractivity contribution in [1.82, 2.24) is 19.9 Å². The predicted octanol–water partition coefficient (Wildman–Crippen LogP) is 2.40. The van der Waals surface area contributed by atoms with Crippen LogP contribution in [0.25, 0.3) is 0 Å². The van der Waals surface area contributed by atoms with Crippen LogP contribution in [-0.2, 0) is 11.3 Å². The molecule has 1 amide bonds. The molecular formula is C20H27N5O. The van der Waals surface area contributed by atoms with Gasteiger partial charge in [-0.3, -0.25) is 4.79 Å². The summed E-state index contributed by atoms with van der Waals surface area (Å²) in [4.78, 5) is 23.7. The van der Waals surface area contributed by atoms with Crippen molar-refractivity contribution in [3.8, 4) is 0 Å². The van der Waals surface area contributed by atoms with Crippen molar-refractivity contribution >= 4 is 11.7 Å². The molecule has 2 aliphatic rings. The molecule has 3 heterocycles. The quantitative estimate of drug-likeness (QED) is 0.866. The standard InChI is InChI=1S/C20H27N5O/c1-16-21-10-12-25(16)15-20(7-8-20)14-23-19(26)17-5-4-11-24(13-17)18-6-2-3-9-22-18/h2-3,6,9-10,12,17H,4-5,7-8,11,13-15H2,1H3,(H,23,26)/t17-/m1/s1. The van der Waals surface area contributed by atoms with Crippen molar-refractivity contribution in [3.05, 3.63) is 42.6 Å². The number of carbonyl (C=O) groups excluding carboxylic acids is 1. The largest absolute Gasteiger partial charge is 0.356 e. The molecule has 2 aromatic rings. The Morgan fingerprint density at radius 2 is 2.19 bits per heavy atom. The molecule has 1 aliphatic heterocycles. The van der Waals surface area contributed by atoms with Crippen LogP contribution in [0.15, 0.2) is 36.8 Å². The topological polar surface area (TPSA) is 63.1 Å². The molecule has 0 unspecified atom stereocenters. The van der Waals surface area contributed by atoms with E-state index in [1.54, 1.807) is 0 Å². The van der Waals surface area contributed by atoms with Gasteiger partial charge in [0.05, 0.1) is 5.92 Å². The van der Waals surface area contributed by atoms with Crippen LogP contribution in [0, 0.1) is 18.3 Å². The highest BCUT2D eigenvalue weighted by Gasteiger charge is 2.43. The van der Waals surface area contributed by atoms with Gasteiger partial charge < -0.3 is 14.8 Å². The molecule has 0 spiro atoms. The summed E-state index contributed by atoms with van der Waals surface area (Å²) in [6.45, 7) is 5.48. The van der Waals surface area contributed by atoms with E-state index in [0.29, 0.717) is 0 Å². The van der Waals surface area contributed by atoms with Gasteiger partial charge in [0.2, 0.25) is 5.91 Å². The Balaban J connectivity index is 1.31. The van der Waals surface area contributed by atoms with E-state index < -0.39 is 0 Å². The van der Waals surface area contributed by atoms with Gasteiger partial charge in [-0.1, -0.05) is 6.07 Å². The number of hydrogen-bond acceptors (Lipinski definition) is 4. The summed E-state index contributed by atoms with van der Waals surface area (Å²) in [7, 11) is 0. The number of anilines is 1. The van der Waals surface area contributed by atoms with Crippen molar-refractivity contribution < 1.29 is 4.79 Å². The Bertz CT molecular complexity index is 753. The molecule has 6 heteroatoms. The number of nitrogens with zero attached hydrogens (tertiary/aromatic N) is 4. The monoisotopic (exact) mass is 353 g/mol. The number of pyridine rings is 1. The van der Waals surface area contributed by atoms with Gasteiger partial charge in [-0.05, 0) is 44.7 Å². The first kappa shape index (κ1) is 17.1. The fourth-order valence-corrected chi connectivity index (χ4v) is 3.86. The Morgan fingerprint density at radius 3 is 2.88 bits per heavy atom. The SMILES string of the molecule is Cc1nccn1CC1(CNC(=O)[C@@H]2CCCN(c3ccccn3)C2)CC1. The third kappa shape index (κ3) is 3.74. The smallest absolute Gasteiger partial charge is 0.224 e. The van der Waals surface area contributed by atoms with Crippen LogP contribution in [0.5, 0.6) is 0 Å². The van der Waals surface area contributed by atoms with E-state index in [2.05, 4.69) is 24.8 Å². The third-order valence-electron chi connectivity index (χ3n) is 5.79. The van der Waals surface area contributed by atoms with E-state index in [0.717, 1.165) is 50.7 Å². The fourth-order valence-electron chi connectivity index (χ4n) is 3.86. The van der Waals surface area contributed by atoms with Gasteiger partial charge in [0.1, 0.15) is 11.6 Å². The lowest BCUT2D eigenvalue weighted by atomic mass is 9.96. The molecular weight excluding hydrogens is 326 g/mol. The van der Waals surface area contributed by atoms with Gasteiger partial charge in [0.15, 0.2) is 0 Å². The second-order valence-corrected chi connectivity index (χ2v) is 7.79. The summed E-state index contributed by atoms with van der Waals surface area (Å²) in [6, 6.07) is 5.95. The van der Waals surface area contributed by atoms with Gasteiger partial charge in [-0.25, -0.2) is 9.97 Å². The van der Waals surface area contributed by atoms with Gasteiger partial charge in [0.25, 0.3) is 0 Å². The maximum atomic E-state index is 12.7. The van der Waals surface area contributed by atoms with Crippen LogP contribution in [-0.4, -0.2) is 40.1 Å². The van der Waals surface area contributed by atoms with E-state index in [1.165, 1.54) is 12.8 Å². The minimum Gasteiger partial charge on any atom is -0.356 e. The number of aromatic nitrogens is 3. The Morgan fingerprint density at radius 1 is 1.31 bits per heavy atom. The number of hydrogen-bond donors (Lipinski definition) is 1. The van der Waals surface area contributed by atoms with E-state index in [1.807, 2.05) is 43.7 Å². The van der Waals surface area contributed by atoms with Crippen LogP contribution >= 0.6 is 0 Å². The summed E-state index contributed by atoms with van der Waals surface area (Å²) in [5, 5.41) is 3.24. The molecule has 1 saturated carbocycles.